The SMILES string of the molecule is CC(C)C[C@@H]1CN(Cc2ccccc2)CC(C)N1. The van der Waals surface area contributed by atoms with Crippen molar-refractivity contribution in [2.45, 2.75) is 45.8 Å². The van der Waals surface area contributed by atoms with Gasteiger partial charge in [0.1, 0.15) is 0 Å². The first kappa shape index (κ1) is 13.6. The Morgan fingerprint density at radius 1 is 1.22 bits per heavy atom. The molecule has 0 bridgehead atoms. The largest absolute Gasteiger partial charge is 0.309 e. The van der Waals surface area contributed by atoms with Crippen LogP contribution in [0.1, 0.15) is 32.8 Å². The van der Waals surface area contributed by atoms with Crippen LogP contribution in [-0.2, 0) is 6.54 Å². The molecule has 1 aromatic carbocycles. The van der Waals surface area contributed by atoms with E-state index < -0.39 is 0 Å². The lowest BCUT2D eigenvalue weighted by Gasteiger charge is -2.38. The molecule has 1 fully saturated rings. The molecule has 100 valence electrons. The van der Waals surface area contributed by atoms with Gasteiger partial charge in [-0.2, -0.15) is 0 Å². The first-order valence-electron chi connectivity index (χ1n) is 7.16. The van der Waals surface area contributed by atoms with Crippen molar-refractivity contribution in [2.75, 3.05) is 13.1 Å². The second-order valence-corrected chi connectivity index (χ2v) is 6.07. The van der Waals surface area contributed by atoms with Crippen LogP contribution in [0.4, 0.5) is 0 Å². The van der Waals surface area contributed by atoms with Gasteiger partial charge >= 0.3 is 0 Å². The Bertz CT molecular complexity index is 345. The molecule has 18 heavy (non-hydrogen) atoms. The zero-order valence-corrected chi connectivity index (χ0v) is 11.9. The van der Waals surface area contributed by atoms with Crippen LogP contribution in [0.5, 0.6) is 0 Å². The van der Waals surface area contributed by atoms with Gasteiger partial charge in [-0.1, -0.05) is 44.2 Å². The topological polar surface area (TPSA) is 15.3 Å². The van der Waals surface area contributed by atoms with Crippen LogP contribution in [0.25, 0.3) is 0 Å². The molecule has 1 N–H and O–H groups in total. The summed E-state index contributed by atoms with van der Waals surface area (Å²) in [6.07, 6.45) is 1.27. The van der Waals surface area contributed by atoms with Gasteiger partial charge < -0.3 is 5.32 Å². The van der Waals surface area contributed by atoms with E-state index in [0.717, 1.165) is 19.0 Å². The average molecular weight is 246 g/mol. The van der Waals surface area contributed by atoms with Crippen LogP contribution in [0.2, 0.25) is 0 Å². The van der Waals surface area contributed by atoms with Crippen LogP contribution in [0, 0.1) is 5.92 Å². The maximum absolute atomic E-state index is 3.72. The summed E-state index contributed by atoms with van der Waals surface area (Å²) in [4.78, 5) is 2.59. The van der Waals surface area contributed by atoms with E-state index in [2.05, 4.69) is 61.3 Å². The molecule has 1 saturated heterocycles. The van der Waals surface area contributed by atoms with E-state index in [4.69, 9.17) is 0 Å². The van der Waals surface area contributed by atoms with Crippen LogP contribution in [-0.4, -0.2) is 30.1 Å². The zero-order chi connectivity index (χ0) is 13.0. The third-order valence-corrected chi connectivity index (χ3v) is 3.54. The quantitative estimate of drug-likeness (QED) is 0.879. The summed E-state index contributed by atoms with van der Waals surface area (Å²) in [5.41, 5.74) is 1.43. The number of hydrogen-bond acceptors (Lipinski definition) is 2. The van der Waals surface area contributed by atoms with E-state index in [1.54, 1.807) is 0 Å². The molecule has 2 rings (SSSR count). The van der Waals surface area contributed by atoms with Crippen molar-refractivity contribution in [1.82, 2.24) is 10.2 Å². The summed E-state index contributed by atoms with van der Waals surface area (Å²) >= 11 is 0. The summed E-state index contributed by atoms with van der Waals surface area (Å²) in [5, 5.41) is 3.72. The summed E-state index contributed by atoms with van der Waals surface area (Å²) in [6.45, 7) is 10.3. The third-order valence-electron chi connectivity index (χ3n) is 3.54. The minimum Gasteiger partial charge on any atom is -0.309 e. The standard InChI is InChI=1S/C16H26N2/c1-13(2)9-16-12-18(10-14(3)17-16)11-15-7-5-4-6-8-15/h4-8,13-14,16-17H,9-12H2,1-3H3/t14?,16-/m1/s1. The Labute approximate surface area is 111 Å². The molecular weight excluding hydrogens is 220 g/mol. The second-order valence-electron chi connectivity index (χ2n) is 6.07. The first-order chi connectivity index (χ1) is 8.63. The fraction of sp³-hybridized carbons (Fsp3) is 0.625. The van der Waals surface area contributed by atoms with Crippen molar-refractivity contribution < 1.29 is 0 Å². The Kier molecular flexibility index (Phi) is 4.79. The molecule has 0 amide bonds. The third kappa shape index (κ3) is 4.11. The number of piperazine rings is 1. The van der Waals surface area contributed by atoms with E-state index in [-0.39, 0.29) is 0 Å². The predicted octanol–water partition coefficient (Wildman–Crippen LogP) is 2.90. The van der Waals surface area contributed by atoms with Gasteiger partial charge in [0, 0.05) is 31.7 Å². The predicted molar refractivity (Wildman–Crippen MR) is 77.6 cm³/mol. The zero-order valence-electron chi connectivity index (χ0n) is 11.9. The van der Waals surface area contributed by atoms with Gasteiger partial charge in [0.05, 0.1) is 0 Å². The number of rotatable bonds is 4. The van der Waals surface area contributed by atoms with Crippen LogP contribution < -0.4 is 5.32 Å². The minimum atomic E-state index is 0.603. The highest BCUT2D eigenvalue weighted by atomic mass is 15.2. The van der Waals surface area contributed by atoms with Crippen molar-refractivity contribution >= 4 is 0 Å². The maximum atomic E-state index is 3.72. The van der Waals surface area contributed by atoms with Crippen molar-refractivity contribution in [3.63, 3.8) is 0 Å². The van der Waals surface area contributed by atoms with Crippen LogP contribution in [0.3, 0.4) is 0 Å². The lowest BCUT2D eigenvalue weighted by molar-refractivity contribution is 0.148. The summed E-state index contributed by atoms with van der Waals surface area (Å²) < 4.78 is 0. The second kappa shape index (κ2) is 6.35. The number of hydrogen-bond donors (Lipinski definition) is 1. The smallest absolute Gasteiger partial charge is 0.0235 e. The van der Waals surface area contributed by atoms with Gasteiger partial charge in [0.25, 0.3) is 0 Å². The van der Waals surface area contributed by atoms with Gasteiger partial charge in [-0.15, -0.1) is 0 Å². The van der Waals surface area contributed by atoms with E-state index >= 15 is 0 Å². The minimum absolute atomic E-state index is 0.603. The molecule has 0 aliphatic carbocycles. The fourth-order valence-corrected chi connectivity index (χ4v) is 2.96. The summed E-state index contributed by atoms with van der Waals surface area (Å²) in [6, 6.07) is 12.1. The molecule has 0 aromatic heterocycles. The maximum Gasteiger partial charge on any atom is 0.0235 e. The van der Waals surface area contributed by atoms with E-state index in [1.165, 1.54) is 18.5 Å². The molecule has 2 heteroatoms. The molecule has 0 radical (unpaired) electrons. The monoisotopic (exact) mass is 246 g/mol. The van der Waals surface area contributed by atoms with E-state index in [1.807, 2.05) is 0 Å². The fourth-order valence-electron chi connectivity index (χ4n) is 2.96. The van der Waals surface area contributed by atoms with Gasteiger partial charge in [-0.25, -0.2) is 0 Å². The molecule has 0 saturated carbocycles. The van der Waals surface area contributed by atoms with Gasteiger partial charge in [0.2, 0.25) is 0 Å². The molecular formula is C16H26N2. The van der Waals surface area contributed by atoms with Gasteiger partial charge in [-0.05, 0) is 24.8 Å². The molecule has 1 aromatic rings. The van der Waals surface area contributed by atoms with Gasteiger partial charge in [-0.3, -0.25) is 4.90 Å². The molecule has 2 nitrogen and oxygen atoms in total. The average Bonchev–Trinajstić information content (AvgIpc) is 2.28. The lowest BCUT2D eigenvalue weighted by Crippen LogP contribution is -2.55. The van der Waals surface area contributed by atoms with Gasteiger partial charge in [0.15, 0.2) is 0 Å². The summed E-state index contributed by atoms with van der Waals surface area (Å²) in [7, 11) is 0. The molecule has 1 heterocycles. The van der Waals surface area contributed by atoms with Crippen molar-refractivity contribution in [3.8, 4) is 0 Å². The van der Waals surface area contributed by atoms with E-state index in [0.29, 0.717) is 12.1 Å². The van der Waals surface area contributed by atoms with Crippen molar-refractivity contribution in [2.24, 2.45) is 5.92 Å². The molecule has 0 spiro atoms. The molecule has 1 aliphatic rings. The first-order valence-corrected chi connectivity index (χ1v) is 7.16. The number of nitrogens with one attached hydrogen (secondary N) is 1. The van der Waals surface area contributed by atoms with E-state index in [9.17, 15) is 0 Å². The highest BCUT2D eigenvalue weighted by Gasteiger charge is 2.24. The molecule has 1 unspecified atom stereocenters. The highest BCUT2D eigenvalue weighted by molar-refractivity contribution is 5.14. The lowest BCUT2D eigenvalue weighted by atomic mass is 9.99. The van der Waals surface area contributed by atoms with Crippen molar-refractivity contribution in [3.05, 3.63) is 35.9 Å². The Hall–Kier alpha value is -0.860. The van der Waals surface area contributed by atoms with Crippen LogP contribution >= 0.6 is 0 Å². The molecule has 1 aliphatic heterocycles. The summed E-state index contributed by atoms with van der Waals surface area (Å²) in [5.74, 6) is 0.770. The Balaban J connectivity index is 1.92. The number of benzene rings is 1. The Morgan fingerprint density at radius 3 is 2.61 bits per heavy atom. The van der Waals surface area contributed by atoms with Crippen LogP contribution in [0.15, 0.2) is 30.3 Å². The number of nitrogens with zero attached hydrogens (tertiary/aromatic N) is 1. The van der Waals surface area contributed by atoms with Crippen molar-refractivity contribution in [1.29, 1.82) is 0 Å². The Morgan fingerprint density at radius 2 is 1.94 bits per heavy atom. The normalized spacial score (nSPS) is 25.6. The highest BCUT2D eigenvalue weighted by Crippen LogP contribution is 2.14. The molecule has 2 atom stereocenters.